The van der Waals surface area contributed by atoms with E-state index in [0.717, 1.165) is 38.9 Å². The normalized spacial score (nSPS) is 23.7. The van der Waals surface area contributed by atoms with E-state index in [1.165, 1.54) is 5.56 Å². The number of rotatable bonds is 4. The van der Waals surface area contributed by atoms with E-state index in [2.05, 4.69) is 46.2 Å². The van der Waals surface area contributed by atoms with Gasteiger partial charge in [-0.3, -0.25) is 15.6 Å². The lowest BCUT2D eigenvalue weighted by molar-refractivity contribution is 0.0630. The number of likely N-dealkylation sites (tertiary alicyclic amines) is 1. The molecule has 2 saturated heterocycles. The van der Waals surface area contributed by atoms with E-state index < -0.39 is 0 Å². The maximum Gasteiger partial charge on any atom is 0.291 e. The van der Waals surface area contributed by atoms with Gasteiger partial charge in [-0.1, -0.05) is 30.3 Å². The van der Waals surface area contributed by atoms with E-state index in [1.807, 2.05) is 11.8 Å². The number of hydrogen-bond acceptors (Lipinski definition) is 5. The number of hydrazine groups is 1. The number of nitrogens with zero attached hydrogens (tertiary/aromatic N) is 2. The Hall–Kier alpha value is -2.18. The predicted octanol–water partition coefficient (Wildman–Crippen LogP) is 2.48. The van der Waals surface area contributed by atoms with Gasteiger partial charge in [0.15, 0.2) is 5.89 Å². The topological polar surface area (TPSA) is 70.4 Å². The van der Waals surface area contributed by atoms with Crippen LogP contribution in [0, 0.1) is 25.7 Å². The number of hydrogen-bond donors (Lipinski definition) is 2. The maximum atomic E-state index is 12.7. The summed E-state index contributed by atoms with van der Waals surface area (Å²) in [4.78, 5) is 18.9. The second-order valence-corrected chi connectivity index (χ2v) is 7.78. The summed E-state index contributed by atoms with van der Waals surface area (Å²) in [7, 11) is 0. The standard InChI is InChI=1S/C21H28N4O2/c1-14-20(27-15(2)23-14)21(26)25-10-8-17(9-11-25)19-18(13-22-24-19)12-16-6-4-3-5-7-16/h3-7,17-19,22,24H,8-13H2,1-2H3. The van der Waals surface area contributed by atoms with Crippen molar-refractivity contribution in [3.63, 3.8) is 0 Å². The van der Waals surface area contributed by atoms with Gasteiger partial charge < -0.3 is 9.32 Å². The molecule has 2 aromatic rings. The molecule has 0 aliphatic carbocycles. The average Bonchev–Trinajstić information content (AvgIpc) is 3.28. The Balaban J connectivity index is 1.35. The molecule has 2 aliphatic heterocycles. The molecule has 6 nitrogen and oxygen atoms in total. The Bertz CT molecular complexity index is 781. The highest BCUT2D eigenvalue weighted by Gasteiger charge is 2.36. The zero-order valence-electron chi connectivity index (χ0n) is 16.1. The number of nitrogens with one attached hydrogen (secondary N) is 2. The van der Waals surface area contributed by atoms with Crippen LogP contribution in [-0.2, 0) is 6.42 Å². The quantitative estimate of drug-likeness (QED) is 0.868. The zero-order chi connectivity index (χ0) is 18.8. The van der Waals surface area contributed by atoms with E-state index in [-0.39, 0.29) is 5.91 Å². The molecule has 1 aromatic carbocycles. The summed E-state index contributed by atoms with van der Waals surface area (Å²) in [5, 5.41) is 0. The average molecular weight is 368 g/mol. The summed E-state index contributed by atoms with van der Waals surface area (Å²) in [6, 6.07) is 11.2. The van der Waals surface area contributed by atoms with Crippen molar-refractivity contribution in [3.8, 4) is 0 Å². The lowest BCUT2D eigenvalue weighted by Crippen LogP contribution is -2.46. The summed E-state index contributed by atoms with van der Waals surface area (Å²) >= 11 is 0. The first-order valence-corrected chi connectivity index (χ1v) is 9.87. The number of amides is 1. The molecule has 0 spiro atoms. The molecule has 6 heteroatoms. The molecule has 0 bridgehead atoms. The summed E-state index contributed by atoms with van der Waals surface area (Å²) in [6.07, 6.45) is 3.12. The van der Waals surface area contributed by atoms with Crippen molar-refractivity contribution in [3.05, 3.63) is 53.2 Å². The van der Waals surface area contributed by atoms with Crippen LogP contribution in [0.5, 0.6) is 0 Å². The fourth-order valence-electron chi connectivity index (χ4n) is 4.51. The van der Waals surface area contributed by atoms with Gasteiger partial charge in [0.05, 0.1) is 5.69 Å². The van der Waals surface area contributed by atoms with Gasteiger partial charge in [-0.15, -0.1) is 0 Å². The van der Waals surface area contributed by atoms with E-state index in [9.17, 15) is 4.79 Å². The first-order chi connectivity index (χ1) is 13.1. The van der Waals surface area contributed by atoms with Crippen LogP contribution in [-0.4, -0.2) is 41.5 Å². The third kappa shape index (κ3) is 3.92. The Morgan fingerprint density at radius 2 is 1.96 bits per heavy atom. The molecule has 0 radical (unpaired) electrons. The molecular formula is C21H28N4O2. The first-order valence-electron chi connectivity index (χ1n) is 9.87. The molecular weight excluding hydrogens is 340 g/mol. The summed E-state index contributed by atoms with van der Waals surface area (Å²) in [5.74, 6) is 2.09. The number of oxazole rings is 1. The molecule has 3 heterocycles. The summed E-state index contributed by atoms with van der Waals surface area (Å²) in [5.41, 5.74) is 8.93. The van der Waals surface area contributed by atoms with E-state index >= 15 is 0 Å². The molecule has 144 valence electrons. The molecule has 2 N–H and O–H groups in total. The van der Waals surface area contributed by atoms with Crippen molar-refractivity contribution < 1.29 is 9.21 Å². The van der Waals surface area contributed by atoms with Crippen molar-refractivity contribution in [2.24, 2.45) is 11.8 Å². The Labute approximate surface area is 160 Å². The summed E-state index contributed by atoms with van der Waals surface area (Å²) in [6.45, 7) is 6.16. The van der Waals surface area contributed by atoms with Crippen molar-refractivity contribution in [1.82, 2.24) is 20.7 Å². The van der Waals surface area contributed by atoms with Crippen LogP contribution < -0.4 is 10.9 Å². The van der Waals surface area contributed by atoms with Crippen molar-refractivity contribution >= 4 is 5.91 Å². The minimum atomic E-state index is -0.0232. The van der Waals surface area contributed by atoms with Crippen molar-refractivity contribution in [2.45, 2.75) is 39.2 Å². The van der Waals surface area contributed by atoms with Crippen LogP contribution in [0.3, 0.4) is 0 Å². The molecule has 0 saturated carbocycles. The van der Waals surface area contributed by atoms with Crippen molar-refractivity contribution in [2.75, 3.05) is 19.6 Å². The van der Waals surface area contributed by atoms with Gasteiger partial charge in [0.1, 0.15) is 0 Å². The molecule has 27 heavy (non-hydrogen) atoms. The Morgan fingerprint density at radius 3 is 2.63 bits per heavy atom. The highest BCUT2D eigenvalue weighted by Crippen LogP contribution is 2.29. The van der Waals surface area contributed by atoms with Crippen LogP contribution in [0.15, 0.2) is 34.7 Å². The lowest BCUT2D eigenvalue weighted by atomic mass is 9.81. The first kappa shape index (κ1) is 18.2. The number of aryl methyl sites for hydroxylation is 2. The lowest BCUT2D eigenvalue weighted by Gasteiger charge is -2.36. The number of benzene rings is 1. The van der Waals surface area contributed by atoms with Crippen LogP contribution in [0.1, 0.15) is 40.5 Å². The zero-order valence-corrected chi connectivity index (χ0v) is 16.1. The summed E-state index contributed by atoms with van der Waals surface area (Å²) < 4.78 is 5.51. The predicted molar refractivity (Wildman–Crippen MR) is 103 cm³/mol. The van der Waals surface area contributed by atoms with Crippen molar-refractivity contribution in [1.29, 1.82) is 0 Å². The highest BCUT2D eigenvalue weighted by molar-refractivity contribution is 5.92. The second kappa shape index (κ2) is 7.82. The van der Waals surface area contributed by atoms with Crippen LogP contribution in [0.25, 0.3) is 0 Å². The Kier molecular flexibility index (Phi) is 5.27. The number of piperidine rings is 1. The van der Waals surface area contributed by atoms with Crippen LogP contribution in [0.4, 0.5) is 0 Å². The van der Waals surface area contributed by atoms with Gasteiger partial charge in [-0.2, -0.15) is 0 Å². The number of carbonyl (C=O) groups excluding carboxylic acids is 1. The monoisotopic (exact) mass is 368 g/mol. The number of aromatic nitrogens is 1. The van der Waals surface area contributed by atoms with Crippen LogP contribution >= 0.6 is 0 Å². The fourth-order valence-corrected chi connectivity index (χ4v) is 4.51. The van der Waals surface area contributed by atoms with Gasteiger partial charge >= 0.3 is 0 Å². The molecule has 4 rings (SSSR count). The fraction of sp³-hybridized carbons (Fsp3) is 0.524. The SMILES string of the molecule is Cc1nc(C)c(C(=O)N2CCC(C3NNCC3Cc3ccccc3)CC2)o1. The van der Waals surface area contributed by atoms with Gasteiger partial charge in [0, 0.05) is 32.6 Å². The highest BCUT2D eigenvalue weighted by atomic mass is 16.4. The minimum Gasteiger partial charge on any atom is -0.436 e. The smallest absolute Gasteiger partial charge is 0.291 e. The number of carbonyl (C=O) groups is 1. The van der Waals surface area contributed by atoms with Gasteiger partial charge in [0.2, 0.25) is 5.76 Å². The molecule has 2 atom stereocenters. The third-order valence-electron chi connectivity index (χ3n) is 5.91. The molecule has 2 fully saturated rings. The third-order valence-corrected chi connectivity index (χ3v) is 5.91. The van der Waals surface area contributed by atoms with E-state index in [0.29, 0.717) is 35.2 Å². The van der Waals surface area contributed by atoms with E-state index in [1.54, 1.807) is 6.92 Å². The van der Waals surface area contributed by atoms with Gasteiger partial charge in [0.25, 0.3) is 5.91 Å². The maximum absolute atomic E-state index is 12.7. The second-order valence-electron chi connectivity index (χ2n) is 7.78. The molecule has 2 aliphatic rings. The van der Waals surface area contributed by atoms with Gasteiger partial charge in [-0.25, -0.2) is 4.98 Å². The van der Waals surface area contributed by atoms with E-state index in [4.69, 9.17) is 4.42 Å². The van der Waals surface area contributed by atoms with Gasteiger partial charge in [-0.05, 0) is 43.6 Å². The molecule has 2 unspecified atom stereocenters. The molecule has 1 aromatic heterocycles. The van der Waals surface area contributed by atoms with Crippen LogP contribution in [0.2, 0.25) is 0 Å². The Morgan fingerprint density at radius 1 is 1.22 bits per heavy atom. The minimum absolute atomic E-state index is 0.0232. The molecule has 1 amide bonds. The largest absolute Gasteiger partial charge is 0.436 e.